The van der Waals surface area contributed by atoms with E-state index in [0.29, 0.717) is 17.4 Å². The van der Waals surface area contributed by atoms with Crippen molar-refractivity contribution in [2.24, 2.45) is 0 Å². The zero-order valence-corrected chi connectivity index (χ0v) is 12.1. The Hall–Kier alpha value is -1.06. The Kier molecular flexibility index (Phi) is 4.25. The van der Waals surface area contributed by atoms with Crippen LogP contribution in [0, 0.1) is 12.7 Å². The van der Waals surface area contributed by atoms with Gasteiger partial charge < -0.3 is 4.74 Å². The predicted molar refractivity (Wildman–Crippen MR) is 74.9 cm³/mol. The molecule has 0 radical (unpaired) electrons. The van der Waals surface area contributed by atoms with Gasteiger partial charge in [0.05, 0.1) is 5.88 Å². The van der Waals surface area contributed by atoms with Crippen molar-refractivity contribution in [3.63, 3.8) is 0 Å². The molecule has 0 unspecified atom stereocenters. The molecule has 94 valence electrons. The Balaban J connectivity index is 2.33. The van der Waals surface area contributed by atoms with Crippen LogP contribution in [-0.2, 0) is 5.88 Å². The standard InChI is InChI=1S/C14H11BrClFO/c1-9-6-12(17)3-5-13(9)18-14-4-2-11(15)7-10(14)8-16/h2-7H,8H2,1H3. The zero-order valence-electron chi connectivity index (χ0n) is 9.71. The second-order valence-electron chi connectivity index (χ2n) is 3.90. The first-order chi connectivity index (χ1) is 8.60. The zero-order chi connectivity index (χ0) is 13.1. The molecule has 1 nitrogen and oxygen atoms in total. The molecule has 2 aromatic rings. The first-order valence-electron chi connectivity index (χ1n) is 5.38. The molecule has 0 fully saturated rings. The van der Waals surface area contributed by atoms with Crippen LogP contribution in [0.5, 0.6) is 11.5 Å². The first kappa shape index (κ1) is 13.4. The van der Waals surface area contributed by atoms with Crippen molar-refractivity contribution in [2.75, 3.05) is 0 Å². The van der Waals surface area contributed by atoms with E-state index in [9.17, 15) is 4.39 Å². The van der Waals surface area contributed by atoms with E-state index in [-0.39, 0.29) is 5.82 Å². The summed E-state index contributed by atoms with van der Waals surface area (Å²) in [6.07, 6.45) is 0. The van der Waals surface area contributed by atoms with Gasteiger partial charge in [-0.1, -0.05) is 15.9 Å². The van der Waals surface area contributed by atoms with Crippen LogP contribution in [0.25, 0.3) is 0 Å². The topological polar surface area (TPSA) is 9.23 Å². The highest BCUT2D eigenvalue weighted by molar-refractivity contribution is 9.10. The first-order valence-corrected chi connectivity index (χ1v) is 6.71. The van der Waals surface area contributed by atoms with Crippen molar-refractivity contribution in [1.82, 2.24) is 0 Å². The summed E-state index contributed by atoms with van der Waals surface area (Å²) >= 11 is 9.26. The van der Waals surface area contributed by atoms with E-state index in [0.717, 1.165) is 15.6 Å². The maximum atomic E-state index is 13.0. The highest BCUT2D eigenvalue weighted by Gasteiger charge is 2.07. The van der Waals surface area contributed by atoms with Crippen molar-refractivity contribution in [1.29, 1.82) is 0 Å². The lowest BCUT2D eigenvalue weighted by Crippen LogP contribution is -1.92. The fraction of sp³-hybridized carbons (Fsp3) is 0.143. The Morgan fingerprint density at radius 2 is 1.89 bits per heavy atom. The van der Waals surface area contributed by atoms with Crippen LogP contribution in [-0.4, -0.2) is 0 Å². The van der Waals surface area contributed by atoms with Crippen LogP contribution in [0.1, 0.15) is 11.1 Å². The largest absolute Gasteiger partial charge is 0.457 e. The van der Waals surface area contributed by atoms with E-state index in [1.165, 1.54) is 12.1 Å². The molecule has 0 atom stereocenters. The Labute approximate surface area is 119 Å². The molecule has 0 spiro atoms. The summed E-state index contributed by atoms with van der Waals surface area (Å²) in [5.74, 6) is 1.40. The summed E-state index contributed by atoms with van der Waals surface area (Å²) in [6.45, 7) is 1.80. The maximum absolute atomic E-state index is 13.0. The number of alkyl halides is 1. The number of hydrogen-bond donors (Lipinski definition) is 0. The van der Waals surface area contributed by atoms with E-state index >= 15 is 0 Å². The molecule has 4 heteroatoms. The fourth-order valence-corrected chi connectivity index (χ4v) is 2.22. The average molecular weight is 330 g/mol. The van der Waals surface area contributed by atoms with Gasteiger partial charge in [0.1, 0.15) is 17.3 Å². The third kappa shape index (κ3) is 3.03. The quantitative estimate of drug-likeness (QED) is 0.682. The van der Waals surface area contributed by atoms with Crippen molar-refractivity contribution >= 4 is 27.5 Å². The molecule has 0 saturated carbocycles. The lowest BCUT2D eigenvalue weighted by Gasteiger charge is -2.12. The highest BCUT2D eigenvalue weighted by Crippen LogP contribution is 2.31. The summed E-state index contributed by atoms with van der Waals surface area (Å²) in [7, 11) is 0. The number of ether oxygens (including phenoxy) is 1. The van der Waals surface area contributed by atoms with Crippen LogP contribution in [0.3, 0.4) is 0 Å². The van der Waals surface area contributed by atoms with Crippen LogP contribution >= 0.6 is 27.5 Å². The number of hydrogen-bond acceptors (Lipinski definition) is 1. The van der Waals surface area contributed by atoms with Gasteiger partial charge in [-0.25, -0.2) is 4.39 Å². The molecule has 0 bridgehead atoms. The van der Waals surface area contributed by atoms with Crippen LogP contribution in [0.2, 0.25) is 0 Å². The lowest BCUT2D eigenvalue weighted by molar-refractivity contribution is 0.472. The molecule has 0 amide bonds. The molecule has 0 heterocycles. The van der Waals surface area contributed by atoms with Gasteiger partial charge in [0.25, 0.3) is 0 Å². The number of benzene rings is 2. The Morgan fingerprint density at radius 1 is 1.17 bits per heavy atom. The lowest BCUT2D eigenvalue weighted by atomic mass is 10.2. The van der Waals surface area contributed by atoms with Crippen molar-refractivity contribution in [3.8, 4) is 11.5 Å². The van der Waals surface area contributed by atoms with E-state index in [2.05, 4.69) is 15.9 Å². The average Bonchev–Trinajstić information content (AvgIpc) is 2.34. The van der Waals surface area contributed by atoms with Gasteiger partial charge in [0, 0.05) is 10.0 Å². The van der Waals surface area contributed by atoms with Gasteiger partial charge in [-0.15, -0.1) is 11.6 Å². The van der Waals surface area contributed by atoms with Gasteiger partial charge >= 0.3 is 0 Å². The third-order valence-corrected chi connectivity index (χ3v) is 3.30. The van der Waals surface area contributed by atoms with E-state index < -0.39 is 0 Å². The minimum Gasteiger partial charge on any atom is -0.457 e. The minimum atomic E-state index is -0.270. The molecule has 0 aliphatic heterocycles. The second kappa shape index (κ2) is 5.72. The van der Waals surface area contributed by atoms with Crippen LogP contribution in [0.15, 0.2) is 40.9 Å². The monoisotopic (exact) mass is 328 g/mol. The van der Waals surface area contributed by atoms with E-state index in [1.807, 2.05) is 18.2 Å². The van der Waals surface area contributed by atoms with Gasteiger partial charge in [0.2, 0.25) is 0 Å². The summed E-state index contributed by atoms with van der Waals surface area (Å²) in [5, 5.41) is 0. The minimum absolute atomic E-state index is 0.270. The Morgan fingerprint density at radius 3 is 2.56 bits per heavy atom. The normalized spacial score (nSPS) is 10.4. The second-order valence-corrected chi connectivity index (χ2v) is 5.08. The van der Waals surface area contributed by atoms with Gasteiger partial charge in [0.15, 0.2) is 0 Å². The molecule has 0 N–H and O–H groups in total. The summed E-state index contributed by atoms with van der Waals surface area (Å²) < 4.78 is 19.7. The number of rotatable bonds is 3. The van der Waals surface area contributed by atoms with Crippen molar-refractivity contribution < 1.29 is 9.13 Å². The molecule has 0 aliphatic rings. The van der Waals surface area contributed by atoms with Gasteiger partial charge in [-0.3, -0.25) is 0 Å². The van der Waals surface area contributed by atoms with Crippen molar-refractivity contribution in [3.05, 3.63) is 57.8 Å². The molecular weight excluding hydrogens is 319 g/mol. The molecule has 0 aliphatic carbocycles. The molecule has 2 aromatic carbocycles. The summed E-state index contributed by atoms with van der Waals surface area (Å²) in [4.78, 5) is 0. The number of halogens is 3. The van der Waals surface area contributed by atoms with E-state index in [1.54, 1.807) is 13.0 Å². The SMILES string of the molecule is Cc1cc(F)ccc1Oc1ccc(Br)cc1CCl. The molecule has 18 heavy (non-hydrogen) atoms. The number of aryl methyl sites for hydroxylation is 1. The summed E-state index contributed by atoms with van der Waals surface area (Å²) in [6, 6.07) is 10.1. The van der Waals surface area contributed by atoms with Crippen LogP contribution < -0.4 is 4.74 Å². The fourth-order valence-electron chi connectivity index (χ4n) is 1.60. The molecule has 2 rings (SSSR count). The molecule has 0 aromatic heterocycles. The van der Waals surface area contributed by atoms with Gasteiger partial charge in [-0.05, 0) is 48.9 Å². The Bertz CT molecular complexity index is 572. The molecule has 0 saturated heterocycles. The van der Waals surface area contributed by atoms with Gasteiger partial charge in [-0.2, -0.15) is 0 Å². The van der Waals surface area contributed by atoms with Crippen LogP contribution in [0.4, 0.5) is 4.39 Å². The highest BCUT2D eigenvalue weighted by atomic mass is 79.9. The predicted octanol–water partition coefficient (Wildman–Crippen LogP) is 5.43. The third-order valence-electron chi connectivity index (χ3n) is 2.52. The van der Waals surface area contributed by atoms with E-state index in [4.69, 9.17) is 16.3 Å². The van der Waals surface area contributed by atoms with Crippen molar-refractivity contribution in [2.45, 2.75) is 12.8 Å². The summed E-state index contributed by atoms with van der Waals surface area (Å²) in [5.41, 5.74) is 1.63. The smallest absolute Gasteiger partial charge is 0.131 e. The maximum Gasteiger partial charge on any atom is 0.131 e. The molecular formula is C14H11BrClFO.